The summed E-state index contributed by atoms with van der Waals surface area (Å²) in [5.74, 6) is 0.957. The molecule has 32 heavy (non-hydrogen) atoms. The van der Waals surface area contributed by atoms with E-state index < -0.39 is 10.0 Å². The summed E-state index contributed by atoms with van der Waals surface area (Å²) in [5.41, 5.74) is 0.393. The molecular formula is C21H20ClN3O6S. The van der Waals surface area contributed by atoms with E-state index in [0.717, 1.165) is 0 Å². The van der Waals surface area contributed by atoms with Gasteiger partial charge in [-0.2, -0.15) is 9.57 Å². The summed E-state index contributed by atoms with van der Waals surface area (Å²) in [6, 6.07) is 11.1. The van der Waals surface area contributed by atoms with Crippen molar-refractivity contribution in [2.45, 2.75) is 4.90 Å². The molecule has 0 spiro atoms. The Balaban J connectivity index is 1.34. The van der Waals surface area contributed by atoms with Gasteiger partial charge in [-0.1, -0.05) is 11.6 Å². The van der Waals surface area contributed by atoms with Crippen molar-refractivity contribution in [2.24, 2.45) is 0 Å². The van der Waals surface area contributed by atoms with Gasteiger partial charge in [0.25, 0.3) is 5.91 Å². The van der Waals surface area contributed by atoms with Crippen molar-refractivity contribution in [3.8, 4) is 23.3 Å². The number of hydrogen-bond acceptors (Lipinski definition) is 7. The van der Waals surface area contributed by atoms with Gasteiger partial charge in [0, 0.05) is 32.2 Å². The molecule has 11 heteroatoms. The van der Waals surface area contributed by atoms with Crippen LogP contribution in [0.4, 0.5) is 0 Å². The summed E-state index contributed by atoms with van der Waals surface area (Å²) >= 11 is 6.06. The maximum Gasteiger partial charge on any atom is 0.260 e. The number of fused-ring (bicyclic) bond motifs is 1. The molecule has 2 aliphatic heterocycles. The molecule has 0 atom stereocenters. The Morgan fingerprint density at radius 1 is 1.06 bits per heavy atom. The number of piperazine rings is 1. The van der Waals surface area contributed by atoms with Crippen LogP contribution in [0.15, 0.2) is 41.3 Å². The number of carbonyl (C=O) groups excluding carboxylic acids is 1. The predicted octanol–water partition coefficient (Wildman–Crippen LogP) is 1.89. The second kappa shape index (κ2) is 9.24. The van der Waals surface area contributed by atoms with E-state index in [1.807, 2.05) is 6.07 Å². The van der Waals surface area contributed by atoms with Crippen LogP contribution in [-0.2, 0) is 14.8 Å². The molecule has 0 unspecified atom stereocenters. The largest absolute Gasteiger partial charge is 0.486 e. The predicted molar refractivity (Wildman–Crippen MR) is 114 cm³/mol. The van der Waals surface area contributed by atoms with Crippen LogP contribution in [-0.4, -0.2) is 69.5 Å². The van der Waals surface area contributed by atoms with E-state index in [1.165, 1.54) is 28.6 Å². The smallest absolute Gasteiger partial charge is 0.260 e. The van der Waals surface area contributed by atoms with Gasteiger partial charge in [0.15, 0.2) is 18.1 Å². The van der Waals surface area contributed by atoms with Crippen LogP contribution >= 0.6 is 11.6 Å². The molecule has 2 aliphatic rings. The van der Waals surface area contributed by atoms with E-state index in [4.69, 9.17) is 31.1 Å². The normalized spacial score (nSPS) is 16.3. The molecule has 2 heterocycles. The Labute approximate surface area is 190 Å². The van der Waals surface area contributed by atoms with Gasteiger partial charge in [0.05, 0.1) is 21.6 Å². The van der Waals surface area contributed by atoms with E-state index in [1.54, 1.807) is 17.0 Å². The van der Waals surface area contributed by atoms with Gasteiger partial charge in [0.2, 0.25) is 10.0 Å². The van der Waals surface area contributed by atoms with Gasteiger partial charge >= 0.3 is 0 Å². The van der Waals surface area contributed by atoms with Crippen LogP contribution in [0.2, 0.25) is 5.02 Å². The molecule has 0 aromatic heterocycles. The second-order valence-electron chi connectivity index (χ2n) is 7.14. The van der Waals surface area contributed by atoms with Crippen LogP contribution in [0.25, 0.3) is 0 Å². The highest BCUT2D eigenvalue weighted by atomic mass is 35.5. The number of amides is 1. The number of halogens is 1. The van der Waals surface area contributed by atoms with Crippen LogP contribution in [0.1, 0.15) is 5.56 Å². The first-order chi connectivity index (χ1) is 15.4. The third kappa shape index (κ3) is 4.60. The number of sulfonamides is 1. The Bertz CT molecular complexity index is 1170. The van der Waals surface area contributed by atoms with Crippen molar-refractivity contribution in [1.82, 2.24) is 9.21 Å². The van der Waals surface area contributed by atoms with Crippen LogP contribution in [0.3, 0.4) is 0 Å². The third-order valence-corrected chi connectivity index (χ3v) is 7.34. The van der Waals surface area contributed by atoms with Crippen LogP contribution in [0, 0.1) is 11.3 Å². The van der Waals surface area contributed by atoms with E-state index >= 15 is 0 Å². The number of rotatable bonds is 5. The van der Waals surface area contributed by atoms with Crippen molar-refractivity contribution in [2.75, 3.05) is 46.0 Å². The molecule has 1 fully saturated rings. The average Bonchev–Trinajstić information content (AvgIpc) is 2.82. The third-order valence-electron chi connectivity index (χ3n) is 5.15. The highest BCUT2D eigenvalue weighted by Crippen LogP contribution is 2.33. The molecular weight excluding hydrogens is 458 g/mol. The minimum atomic E-state index is -3.73. The number of nitriles is 1. The molecule has 0 aliphatic carbocycles. The number of ether oxygens (including phenoxy) is 3. The van der Waals surface area contributed by atoms with Crippen LogP contribution < -0.4 is 14.2 Å². The minimum Gasteiger partial charge on any atom is -0.486 e. The Morgan fingerprint density at radius 3 is 2.47 bits per heavy atom. The Kier molecular flexibility index (Phi) is 6.41. The van der Waals surface area contributed by atoms with Gasteiger partial charge in [-0.15, -0.1) is 0 Å². The van der Waals surface area contributed by atoms with E-state index in [-0.39, 0.29) is 48.6 Å². The Hall–Kier alpha value is -3.00. The summed E-state index contributed by atoms with van der Waals surface area (Å²) in [6.45, 7) is 1.38. The maximum atomic E-state index is 13.0. The van der Waals surface area contributed by atoms with Crippen molar-refractivity contribution in [3.63, 3.8) is 0 Å². The SMILES string of the molecule is N#Cc1ccc(OCC(=O)N2CCN(S(=O)(=O)c3ccc4c(c3)OCCO4)CC2)c(Cl)c1. The molecule has 168 valence electrons. The van der Waals surface area contributed by atoms with E-state index in [0.29, 0.717) is 36.0 Å². The minimum absolute atomic E-state index is 0.125. The number of carbonyl (C=O) groups is 1. The van der Waals surface area contributed by atoms with E-state index in [2.05, 4.69) is 0 Å². The molecule has 2 aromatic rings. The molecule has 0 bridgehead atoms. The Morgan fingerprint density at radius 2 is 1.78 bits per heavy atom. The van der Waals surface area contributed by atoms with Gasteiger partial charge in [-0.25, -0.2) is 8.42 Å². The highest BCUT2D eigenvalue weighted by molar-refractivity contribution is 7.89. The highest BCUT2D eigenvalue weighted by Gasteiger charge is 2.31. The lowest BCUT2D eigenvalue weighted by atomic mass is 10.2. The first-order valence-corrected chi connectivity index (χ1v) is 11.7. The zero-order valence-corrected chi connectivity index (χ0v) is 18.6. The summed E-state index contributed by atoms with van der Waals surface area (Å²) < 4.78 is 43.8. The second-order valence-corrected chi connectivity index (χ2v) is 9.48. The van der Waals surface area contributed by atoms with Crippen molar-refractivity contribution in [3.05, 3.63) is 47.0 Å². The van der Waals surface area contributed by atoms with Gasteiger partial charge in [-0.3, -0.25) is 4.79 Å². The standard InChI is InChI=1S/C21H20ClN3O6S/c22-17-11-15(13-23)1-3-18(17)31-14-21(26)24-5-7-25(8-6-24)32(27,28)16-2-4-19-20(12-16)30-10-9-29-19/h1-4,11-12H,5-10,14H2. The molecule has 0 N–H and O–H groups in total. The van der Waals surface area contributed by atoms with E-state index in [9.17, 15) is 13.2 Å². The van der Waals surface area contributed by atoms with Crippen molar-refractivity contribution >= 4 is 27.5 Å². The number of benzene rings is 2. The van der Waals surface area contributed by atoms with Crippen LogP contribution in [0.5, 0.6) is 17.2 Å². The topological polar surface area (TPSA) is 109 Å². The number of hydrogen-bond donors (Lipinski definition) is 0. The fourth-order valence-corrected chi connectivity index (χ4v) is 5.10. The lowest BCUT2D eigenvalue weighted by molar-refractivity contribution is -0.134. The molecule has 1 amide bonds. The zero-order chi connectivity index (χ0) is 22.7. The van der Waals surface area contributed by atoms with Gasteiger partial charge in [-0.05, 0) is 30.3 Å². The first-order valence-electron chi connectivity index (χ1n) is 9.88. The molecule has 4 rings (SSSR count). The quantitative estimate of drug-likeness (QED) is 0.646. The molecule has 0 radical (unpaired) electrons. The van der Waals surface area contributed by atoms with Gasteiger partial charge in [0.1, 0.15) is 19.0 Å². The molecule has 2 aromatic carbocycles. The summed E-state index contributed by atoms with van der Waals surface area (Å²) in [7, 11) is -3.73. The summed E-state index contributed by atoms with van der Waals surface area (Å²) in [6.07, 6.45) is 0. The van der Waals surface area contributed by atoms with Crippen molar-refractivity contribution in [1.29, 1.82) is 5.26 Å². The average molecular weight is 478 g/mol. The zero-order valence-electron chi connectivity index (χ0n) is 17.0. The van der Waals surface area contributed by atoms with Gasteiger partial charge < -0.3 is 19.1 Å². The maximum absolute atomic E-state index is 13.0. The fraction of sp³-hybridized carbons (Fsp3) is 0.333. The molecule has 9 nitrogen and oxygen atoms in total. The molecule has 1 saturated heterocycles. The fourth-order valence-electron chi connectivity index (χ4n) is 3.43. The van der Waals surface area contributed by atoms with Crippen molar-refractivity contribution < 1.29 is 27.4 Å². The lowest BCUT2D eigenvalue weighted by Gasteiger charge is -2.34. The first kappa shape index (κ1) is 22.2. The monoisotopic (exact) mass is 477 g/mol. The number of nitrogens with zero attached hydrogens (tertiary/aromatic N) is 3. The summed E-state index contributed by atoms with van der Waals surface area (Å²) in [5, 5.41) is 9.12. The summed E-state index contributed by atoms with van der Waals surface area (Å²) in [4.78, 5) is 14.2. The lowest BCUT2D eigenvalue weighted by Crippen LogP contribution is -2.51. The molecule has 0 saturated carbocycles.